The topological polar surface area (TPSA) is 24.9 Å². The lowest BCUT2D eigenvalue weighted by atomic mass is 10.0. The fourth-order valence-electron chi connectivity index (χ4n) is 1.79. The first-order valence-electron chi connectivity index (χ1n) is 6.10. The zero-order valence-electron chi connectivity index (χ0n) is 10.7. The molecule has 0 spiro atoms. The molecule has 3 heteroatoms. The standard InChI is InChI=1S/C15H17ClN2/c1-11(2)18-10-12-9-13(16)6-7-14(12)15-5-3-4-8-17-15/h3-9,11,18H,10H2,1-2H3. The Kier molecular flexibility index (Phi) is 4.34. The fraction of sp³-hybridized carbons (Fsp3) is 0.267. The monoisotopic (exact) mass is 260 g/mol. The third-order valence-electron chi connectivity index (χ3n) is 2.71. The highest BCUT2D eigenvalue weighted by molar-refractivity contribution is 6.30. The molecule has 0 radical (unpaired) electrons. The lowest BCUT2D eigenvalue weighted by molar-refractivity contribution is 0.589. The van der Waals surface area contributed by atoms with E-state index in [0.29, 0.717) is 6.04 Å². The zero-order valence-corrected chi connectivity index (χ0v) is 11.4. The average Bonchev–Trinajstić information content (AvgIpc) is 2.37. The Bertz CT molecular complexity index is 509. The molecule has 0 fully saturated rings. The predicted octanol–water partition coefficient (Wildman–Crippen LogP) is 3.90. The van der Waals surface area contributed by atoms with Gasteiger partial charge in [0, 0.05) is 29.4 Å². The largest absolute Gasteiger partial charge is 0.310 e. The summed E-state index contributed by atoms with van der Waals surface area (Å²) in [7, 11) is 0. The summed E-state index contributed by atoms with van der Waals surface area (Å²) in [6, 6.07) is 12.3. The molecule has 1 N–H and O–H groups in total. The van der Waals surface area contributed by atoms with Crippen molar-refractivity contribution in [1.82, 2.24) is 10.3 Å². The van der Waals surface area contributed by atoms with Crippen LogP contribution >= 0.6 is 11.6 Å². The highest BCUT2D eigenvalue weighted by Crippen LogP contribution is 2.24. The van der Waals surface area contributed by atoms with Crippen molar-refractivity contribution in [3.05, 3.63) is 53.2 Å². The second kappa shape index (κ2) is 5.98. The number of hydrogen-bond acceptors (Lipinski definition) is 2. The van der Waals surface area contributed by atoms with Gasteiger partial charge in [0.2, 0.25) is 0 Å². The Balaban J connectivity index is 2.35. The maximum absolute atomic E-state index is 6.07. The van der Waals surface area contributed by atoms with E-state index in [0.717, 1.165) is 22.8 Å². The van der Waals surface area contributed by atoms with Crippen molar-refractivity contribution < 1.29 is 0 Å². The van der Waals surface area contributed by atoms with Gasteiger partial charge in [-0.15, -0.1) is 0 Å². The lowest BCUT2D eigenvalue weighted by Crippen LogP contribution is -2.22. The van der Waals surface area contributed by atoms with E-state index in [-0.39, 0.29) is 0 Å². The van der Waals surface area contributed by atoms with Crippen LogP contribution in [0.15, 0.2) is 42.6 Å². The normalized spacial score (nSPS) is 10.9. The van der Waals surface area contributed by atoms with E-state index in [1.165, 1.54) is 5.56 Å². The molecule has 1 aromatic heterocycles. The van der Waals surface area contributed by atoms with Crippen molar-refractivity contribution in [3.63, 3.8) is 0 Å². The minimum atomic E-state index is 0.445. The second-order valence-electron chi connectivity index (χ2n) is 4.55. The molecular formula is C15H17ClN2. The molecule has 0 amide bonds. The maximum atomic E-state index is 6.07. The minimum absolute atomic E-state index is 0.445. The van der Waals surface area contributed by atoms with Gasteiger partial charge in [0.25, 0.3) is 0 Å². The molecule has 0 atom stereocenters. The van der Waals surface area contributed by atoms with Gasteiger partial charge in [0.05, 0.1) is 5.69 Å². The average molecular weight is 261 g/mol. The molecule has 1 heterocycles. The van der Waals surface area contributed by atoms with E-state index in [2.05, 4.69) is 24.1 Å². The van der Waals surface area contributed by atoms with E-state index in [9.17, 15) is 0 Å². The van der Waals surface area contributed by atoms with Crippen molar-refractivity contribution in [2.24, 2.45) is 0 Å². The molecule has 0 bridgehead atoms. The summed E-state index contributed by atoms with van der Waals surface area (Å²) >= 11 is 6.07. The van der Waals surface area contributed by atoms with Crippen molar-refractivity contribution in [2.75, 3.05) is 0 Å². The molecule has 0 aliphatic carbocycles. The van der Waals surface area contributed by atoms with Gasteiger partial charge in [0.1, 0.15) is 0 Å². The number of halogens is 1. The summed E-state index contributed by atoms with van der Waals surface area (Å²) < 4.78 is 0. The van der Waals surface area contributed by atoms with Crippen LogP contribution in [0.1, 0.15) is 19.4 Å². The Morgan fingerprint density at radius 1 is 1.22 bits per heavy atom. The van der Waals surface area contributed by atoms with Gasteiger partial charge in [-0.05, 0) is 29.8 Å². The SMILES string of the molecule is CC(C)NCc1cc(Cl)ccc1-c1ccccn1. The number of nitrogens with one attached hydrogen (secondary N) is 1. The minimum Gasteiger partial charge on any atom is -0.310 e. The van der Waals surface area contributed by atoms with Crippen LogP contribution in [-0.2, 0) is 6.54 Å². The molecule has 18 heavy (non-hydrogen) atoms. The van der Waals surface area contributed by atoms with Gasteiger partial charge in [0.15, 0.2) is 0 Å². The maximum Gasteiger partial charge on any atom is 0.0705 e. The van der Waals surface area contributed by atoms with Crippen LogP contribution in [0.5, 0.6) is 0 Å². The number of aromatic nitrogens is 1. The number of benzene rings is 1. The first kappa shape index (κ1) is 13.1. The first-order chi connectivity index (χ1) is 8.66. The summed E-state index contributed by atoms with van der Waals surface area (Å²) in [6.45, 7) is 5.06. The number of hydrogen-bond donors (Lipinski definition) is 1. The zero-order chi connectivity index (χ0) is 13.0. The van der Waals surface area contributed by atoms with Crippen molar-refractivity contribution in [2.45, 2.75) is 26.4 Å². The first-order valence-corrected chi connectivity index (χ1v) is 6.48. The molecule has 2 aromatic rings. The Hall–Kier alpha value is -1.38. The molecular weight excluding hydrogens is 244 g/mol. The van der Waals surface area contributed by atoms with Gasteiger partial charge >= 0.3 is 0 Å². The fourth-order valence-corrected chi connectivity index (χ4v) is 1.99. The van der Waals surface area contributed by atoms with Crippen LogP contribution in [-0.4, -0.2) is 11.0 Å². The smallest absolute Gasteiger partial charge is 0.0705 e. The summed E-state index contributed by atoms with van der Waals surface area (Å²) in [5.74, 6) is 0. The molecule has 2 nitrogen and oxygen atoms in total. The van der Waals surface area contributed by atoms with Gasteiger partial charge in [-0.1, -0.05) is 37.6 Å². The lowest BCUT2D eigenvalue weighted by Gasteiger charge is -2.12. The van der Waals surface area contributed by atoms with Crippen LogP contribution in [0.3, 0.4) is 0 Å². The van der Waals surface area contributed by atoms with Crippen LogP contribution in [0.4, 0.5) is 0 Å². The van der Waals surface area contributed by atoms with Gasteiger partial charge in [-0.25, -0.2) is 0 Å². The van der Waals surface area contributed by atoms with E-state index < -0.39 is 0 Å². The van der Waals surface area contributed by atoms with E-state index in [4.69, 9.17) is 11.6 Å². The number of rotatable bonds is 4. The molecule has 0 unspecified atom stereocenters. The van der Waals surface area contributed by atoms with E-state index in [1.54, 1.807) is 0 Å². The van der Waals surface area contributed by atoms with Crippen LogP contribution in [0, 0.1) is 0 Å². The van der Waals surface area contributed by atoms with Gasteiger partial charge in [-0.2, -0.15) is 0 Å². The quantitative estimate of drug-likeness (QED) is 0.902. The second-order valence-corrected chi connectivity index (χ2v) is 4.99. The van der Waals surface area contributed by atoms with Crippen molar-refractivity contribution >= 4 is 11.6 Å². The van der Waals surface area contributed by atoms with Gasteiger partial charge < -0.3 is 5.32 Å². The molecule has 0 aliphatic heterocycles. The summed E-state index contributed by atoms with van der Waals surface area (Å²) in [6.07, 6.45) is 1.81. The van der Waals surface area contributed by atoms with Crippen LogP contribution in [0.25, 0.3) is 11.3 Å². The van der Waals surface area contributed by atoms with Crippen molar-refractivity contribution in [1.29, 1.82) is 0 Å². The molecule has 2 rings (SSSR count). The Morgan fingerprint density at radius 3 is 2.72 bits per heavy atom. The molecule has 0 aliphatic rings. The van der Waals surface area contributed by atoms with Crippen LogP contribution < -0.4 is 5.32 Å². The van der Waals surface area contributed by atoms with Gasteiger partial charge in [-0.3, -0.25) is 4.98 Å². The summed E-state index contributed by atoms with van der Waals surface area (Å²) in [4.78, 5) is 4.40. The van der Waals surface area contributed by atoms with Crippen LogP contribution in [0.2, 0.25) is 5.02 Å². The number of nitrogens with zero attached hydrogens (tertiary/aromatic N) is 1. The predicted molar refractivity (Wildman–Crippen MR) is 76.7 cm³/mol. The third-order valence-corrected chi connectivity index (χ3v) is 2.94. The molecule has 0 saturated heterocycles. The highest BCUT2D eigenvalue weighted by atomic mass is 35.5. The number of pyridine rings is 1. The van der Waals surface area contributed by atoms with E-state index in [1.807, 2.05) is 42.6 Å². The summed E-state index contributed by atoms with van der Waals surface area (Å²) in [5.41, 5.74) is 3.29. The van der Waals surface area contributed by atoms with Crippen molar-refractivity contribution in [3.8, 4) is 11.3 Å². The third kappa shape index (κ3) is 3.31. The molecule has 1 aromatic carbocycles. The highest BCUT2D eigenvalue weighted by Gasteiger charge is 2.07. The summed E-state index contributed by atoms with van der Waals surface area (Å²) in [5, 5.41) is 4.17. The molecule has 94 valence electrons. The Labute approximate surface area is 113 Å². The molecule has 0 saturated carbocycles. The van der Waals surface area contributed by atoms with E-state index >= 15 is 0 Å². The Morgan fingerprint density at radius 2 is 2.06 bits per heavy atom.